The van der Waals surface area contributed by atoms with Gasteiger partial charge in [0.15, 0.2) is 0 Å². The number of carbonyl (C=O) groups is 1. The molecule has 4 rings (SSSR count). The number of benzene rings is 2. The van der Waals surface area contributed by atoms with E-state index in [1.165, 1.54) is 30.4 Å². The molecule has 0 aliphatic heterocycles. The van der Waals surface area contributed by atoms with Crippen molar-refractivity contribution in [3.63, 3.8) is 0 Å². The first-order valence-corrected chi connectivity index (χ1v) is 12.4. The summed E-state index contributed by atoms with van der Waals surface area (Å²) in [5, 5.41) is 3.13. The SMILES string of the molecule is CN(C)S(=O)(=O)c1ccc2c(c1)nc(CCC(=O)NCC1(c3ccccc3)CCC1)n2C. The summed E-state index contributed by atoms with van der Waals surface area (Å²) in [6.07, 6.45) is 4.21. The van der Waals surface area contributed by atoms with E-state index in [0.29, 0.717) is 24.9 Å². The van der Waals surface area contributed by atoms with E-state index in [1.807, 2.05) is 17.7 Å². The van der Waals surface area contributed by atoms with Crippen LogP contribution in [0, 0.1) is 0 Å². The number of imidazole rings is 1. The average Bonchev–Trinajstić information content (AvgIpc) is 3.07. The highest BCUT2D eigenvalue weighted by molar-refractivity contribution is 7.89. The van der Waals surface area contributed by atoms with Gasteiger partial charge in [-0.15, -0.1) is 0 Å². The summed E-state index contributed by atoms with van der Waals surface area (Å²) in [4.78, 5) is 17.4. The Balaban J connectivity index is 1.41. The average molecular weight is 455 g/mol. The van der Waals surface area contributed by atoms with Crippen LogP contribution in [0.3, 0.4) is 0 Å². The van der Waals surface area contributed by atoms with Crippen LogP contribution in [0.4, 0.5) is 0 Å². The van der Waals surface area contributed by atoms with Gasteiger partial charge in [0.05, 0.1) is 15.9 Å². The van der Waals surface area contributed by atoms with Gasteiger partial charge in [0, 0.05) is 45.9 Å². The third kappa shape index (κ3) is 4.17. The second-order valence-electron chi connectivity index (χ2n) is 8.80. The third-order valence-electron chi connectivity index (χ3n) is 6.62. The monoisotopic (exact) mass is 454 g/mol. The van der Waals surface area contributed by atoms with E-state index in [-0.39, 0.29) is 16.2 Å². The third-order valence-corrected chi connectivity index (χ3v) is 8.43. The number of aryl methyl sites for hydroxylation is 2. The number of rotatable bonds is 8. The van der Waals surface area contributed by atoms with Gasteiger partial charge < -0.3 is 9.88 Å². The number of aromatic nitrogens is 2. The number of sulfonamides is 1. The van der Waals surface area contributed by atoms with Crippen LogP contribution in [-0.2, 0) is 33.7 Å². The van der Waals surface area contributed by atoms with Crippen molar-refractivity contribution in [2.45, 2.75) is 42.4 Å². The Bertz CT molecular complexity index is 1230. The van der Waals surface area contributed by atoms with Gasteiger partial charge in [0.25, 0.3) is 0 Å². The van der Waals surface area contributed by atoms with E-state index in [0.717, 1.165) is 24.2 Å². The lowest BCUT2D eigenvalue weighted by molar-refractivity contribution is -0.121. The minimum atomic E-state index is -3.52. The largest absolute Gasteiger partial charge is 0.355 e. The van der Waals surface area contributed by atoms with Crippen LogP contribution < -0.4 is 5.32 Å². The Labute approximate surface area is 189 Å². The molecule has 7 nitrogen and oxygen atoms in total. The number of hydrogen-bond donors (Lipinski definition) is 1. The molecule has 1 aromatic heterocycles. The van der Waals surface area contributed by atoms with Gasteiger partial charge in [0.1, 0.15) is 5.82 Å². The summed E-state index contributed by atoms with van der Waals surface area (Å²) in [5.41, 5.74) is 2.81. The molecule has 1 saturated carbocycles. The summed E-state index contributed by atoms with van der Waals surface area (Å²) in [6, 6.07) is 15.4. The Hall–Kier alpha value is -2.71. The molecule has 3 aromatic rings. The molecular formula is C24H30N4O3S. The zero-order valence-electron chi connectivity index (χ0n) is 18.8. The van der Waals surface area contributed by atoms with Crippen molar-refractivity contribution >= 4 is 27.0 Å². The van der Waals surface area contributed by atoms with Crippen LogP contribution in [0.25, 0.3) is 11.0 Å². The number of amides is 1. The molecule has 1 fully saturated rings. The fraction of sp³-hybridized carbons (Fsp3) is 0.417. The summed E-state index contributed by atoms with van der Waals surface area (Å²) in [6.45, 7) is 0.657. The number of hydrogen-bond acceptors (Lipinski definition) is 4. The van der Waals surface area contributed by atoms with Crippen molar-refractivity contribution in [2.24, 2.45) is 7.05 Å². The standard InChI is InChI=1S/C24H30N4O3S/c1-27(2)32(30,31)19-10-11-21-20(16-19)26-22(28(21)3)12-13-23(29)25-17-24(14-7-15-24)18-8-5-4-6-9-18/h4-6,8-11,16H,7,12-15,17H2,1-3H3,(H,25,29). The van der Waals surface area contributed by atoms with E-state index in [4.69, 9.17) is 0 Å². The Kier molecular flexibility index (Phi) is 6.09. The van der Waals surface area contributed by atoms with E-state index < -0.39 is 10.0 Å². The van der Waals surface area contributed by atoms with Crippen molar-refractivity contribution in [3.05, 3.63) is 59.9 Å². The molecule has 0 saturated heterocycles. The number of nitrogens with one attached hydrogen (secondary N) is 1. The fourth-order valence-electron chi connectivity index (χ4n) is 4.37. The highest BCUT2D eigenvalue weighted by Gasteiger charge is 2.38. The van der Waals surface area contributed by atoms with Crippen molar-refractivity contribution < 1.29 is 13.2 Å². The molecule has 1 heterocycles. The first-order valence-electron chi connectivity index (χ1n) is 10.9. The lowest BCUT2D eigenvalue weighted by Crippen LogP contribution is -2.45. The molecule has 0 radical (unpaired) electrons. The van der Waals surface area contributed by atoms with Crippen LogP contribution in [0.5, 0.6) is 0 Å². The van der Waals surface area contributed by atoms with E-state index >= 15 is 0 Å². The molecule has 0 atom stereocenters. The van der Waals surface area contributed by atoms with E-state index in [1.54, 1.807) is 18.2 Å². The molecular weight excluding hydrogens is 424 g/mol. The van der Waals surface area contributed by atoms with E-state index in [9.17, 15) is 13.2 Å². The molecule has 2 aromatic carbocycles. The Morgan fingerprint density at radius 3 is 2.50 bits per heavy atom. The topological polar surface area (TPSA) is 84.3 Å². The Morgan fingerprint density at radius 2 is 1.88 bits per heavy atom. The molecule has 8 heteroatoms. The Morgan fingerprint density at radius 1 is 1.16 bits per heavy atom. The van der Waals surface area contributed by atoms with Crippen molar-refractivity contribution in [3.8, 4) is 0 Å². The zero-order valence-corrected chi connectivity index (χ0v) is 19.7. The summed E-state index contributed by atoms with van der Waals surface area (Å²) >= 11 is 0. The lowest BCUT2D eigenvalue weighted by atomic mass is 9.64. The predicted octanol–water partition coefficient (Wildman–Crippen LogP) is 2.99. The normalized spacial score (nSPS) is 15.6. The smallest absolute Gasteiger partial charge is 0.242 e. The molecule has 1 aliphatic carbocycles. The van der Waals surface area contributed by atoms with Crippen LogP contribution >= 0.6 is 0 Å². The van der Waals surface area contributed by atoms with Gasteiger partial charge in [-0.2, -0.15) is 0 Å². The minimum absolute atomic E-state index is 0.00939. The molecule has 32 heavy (non-hydrogen) atoms. The van der Waals surface area contributed by atoms with Gasteiger partial charge in [0.2, 0.25) is 15.9 Å². The van der Waals surface area contributed by atoms with Crippen molar-refractivity contribution in [1.82, 2.24) is 19.2 Å². The number of fused-ring (bicyclic) bond motifs is 1. The second kappa shape index (κ2) is 8.67. The number of nitrogens with zero attached hydrogens (tertiary/aromatic N) is 3. The van der Waals surface area contributed by atoms with Crippen LogP contribution in [-0.4, -0.2) is 48.8 Å². The molecule has 1 amide bonds. The second-order valence-corrected chi connectivity index (χ2v) is 11.0. The highest BCUT2D eigenvalue weighted by atomic mass is 32.2. The summed E-state index contributed by atoms with van der Waals surface area (Å²) in [7, 11) is 1.39. The maximum atomic E-state index is 12.6. The van der Waals surface area contributed by atoms with Gasteiger partial charge in [-0.05, 0) is 36.6 Å². The number of carbonyl (C=O) groups excluding carboxylic acids is 1. The van der Waals surface area contributed by atoms with Crippen molar-refractivity contribution in [1.29, 1.82) is 0 Å². The zero-order chi connectivity index (χ0) is 22.9. The summed E-state index contributed by atoms with van der Waals surface area (Å²) < 4.78 is 27.9. The predicted molar refractivity (Wildman–Crippen MR) is 125 cm³/mol. The quantitative estimate of drug-likeness (QED) is 0.567. The van der Waals surface area contributed by atoms with Gasteiger partial charge >= 0.3 is 0 Å². The van der Waals surface area contributed by atoms with Gasteiger partial charge in [-0.25, -0.2) is 17.7 Å². The van der Waals surface area contributed by atoms with Crippen LogP contribution in [0.1, 0.15) is 37.1 Å². The molecule has 0 unspecified atom stereocenters. The molecule has 0 spiro atoms. The fourth-order valence-corrected chi connectivity index (χ4v) is 5.29. The first-order chi connectivity index (χ1) is 15.2. The summed E-state index contributed by atoms with van der Waals surface area (Å²) in [5.74, 6) is 0.770. The highest BCUT2D eigenvalue weighted by Crippen LogP contribution is 2.43. The molecule has 170 valence electrons. The minimum Gasteiger partial charge on any atom is -0.355 e. The van der Waals surface area contributed by atoms with Crippen molar-refractivity contribution in [2.75, 3.05) is 20.6 Å². The molecule has 1 N–H and O–H groups in total. The lowest BCUT2D eigenvalue weighted by Gasteiger charge is -2.42. The van der Waals surface area contributed by atoms with E-state index in [2.05, 4.69) is 34.6 Å². The molecule has 0 bridgehead atoms. The van der Waals surface area contributed by atoms with Crippen LogP contribution in [0.2, 0.25) is 0 Å². The van der Waals surface area contributed by atoms with Crippen LogP contribution in [0.15, 0.2) is 53.4 Å². The maximum absolute atomic E-state index is 12.6. The maximum Gasteiger partial charge on any atom is 0.242 e. The van der Waals surface area contributed by atoms with Gasteiger partial charge in [-0.3, -0.25) is 4.79 Å². The first kappa shape index (κ1) is 22.5. The molecule has 1 aliphatic rings. The van der Waals surface area contributed by atoms with Gasteiger partial charge in [-0.1, -0.05) is 36.8 Å².